The Kier molecular flexibility index (Phi) is 5.34. The SMILES string of the molecule is CC12C=CC(=O)C=C1CCC1C2C(O)CC2(C)C(c3csc(NC(=O)c4ccccn4)n3)CCC12. The van der Waals surface area contributed by atoms with Crippen LogP contribution in [0.15, 0.2) is 53.6 Å². The van der Waals surface area contributed by atoms with E-state index in [1.54, 1.807) is 30.5 Å². The van der Waals surface area contributed by atoms with Crippen LogP contribution >= 0.6 is 11.3 Å². The maximum Gasteiger partial charge on any atom is 0.276 e. The van der Waals surface area contributed by atoms with Crippen LogP contribution in [-0.2, 0) is 4.79 Å². The second-order valence-corrected chi connectivity index (χ2v) is 12.0. The number of thiazole rings is 1. The average molecular weight is 490 g/mol. The zero-order valence-corrected chi connectivity index (χ0v) is 20.9. The first-order chi connectivity index (χ1) is 16.8. The van der Waals surface area contributed by atoms with Crippen molar-refractivity contribution in [1.29, 1.82) is 0 Å². The highest BCUT2D eigenvalue weighted by atomic mass is 32.1. The van der Waals surface area contributed by atoms with Gasteiger partial charge in [-0.1, -0.05) is 31.6 Å². The number of allylic oxidation sites excluding steroid dienone is 4. The number of aromatic nitrogens is 2. The number of nitrogens with zero attached hydrogens (tertiary/aromatic N) is 2. The van der Waals surface area contributed by atoms with Crippen molar-refractivity contribution < 1.29 is 14.7 Å². The number of fused-ring (bicyclic) bond motifs is 5. The van der Waals surface area contributed by atoms with Gasteiger partial charge in [0.2, 0.25) is 0 Å². The van der Waals surface area contributed by atoms with Gasteiger partial charge in [-0.3, -0.25) is 19.9 Å². The first kappa shape index (κ1) is 22.8. The van der Waals surface area contributed by atoms with Gasteiger partial charge in [0, 0.05) is 28.8 Å². The number of pyridine rings is 1. The highest BCUT2D eigenvalue weighted by molar-refractivity contribution is 7.14. The summed E-state index contributed by atoms with van der Waals surface area (Å²) >= 11 is 1.45. The molecule has 0 aliphatic heterocycles. The quantitative estimate of drug-likeness (QED) is 0.622. The van der Waals surface area contributed by atoms with Crippen LogP contribution in [0.2, 0.25) is 0 Å². The Labute approximate surface area is 209 Å². The molecule has 0 aromatic carbocycles. The van der Waals surface area contributed by atoms with Crippen LogP contribution in [0.4, 0.5) is 5.13 Å². The van der Waals surface area contributed by atoms with Gasteiger partial charge in [-0.25, -0.2) is 4.98 Å². The normalized spacial score (nSPS) is 37.7. The molecule has 0 bridgehead atoms. The molecule has 4 aliphatic rings. The first-order valence-corrected chi connectivity index (χ1v) is 13.5. The van der Waals surface area contributed by atoms with Crippen LogP contribution in [0.1, 0.15) is 68.1 Å². The summed E-state index contributed by atoms with van der Waals surface area (Å²) < 4.78 is 0. The molecule has 1 amide bonds. The Balaban J connectivity index is 1.24. The minimum atomic E-state index is -0.421. The number of aliphatic hydroxyl groups excluding tert-OH is 1. The zero-order chi connectivity index (χ0) is 24.4. The number of anilines is 1. The Morgan fingerprint density at radius 3 is 2.89 bits per heavy atom. The van der Waals surface area contributed by atoms with E-state index >= 15 is 0 Å². The predicted molar refractivity (Wildman–Crippen MR) is 135 cm³/mol. The molecule has 3 saturated carbocycles. The van der Waals surface area contributed by atoms with Gasteiger partial charge >= 0.3 is 0 Å². The average Bonchev–Trinajstić information content (AvgIpc) is 3.43. The molecule has 0 radical (unpaired) electrons. The third-order valence-corrected chi connectivity index (χ3v) is 10.3. The van der Waals surface area contributed by atoms with Crippen LogP contribution < -0.4 is 5.32 Å². The van der Waals surface area contributed by atoms with Crippen molar-refractivity contribution >= 4 is 28.2 Å². The number of hydrogen-bond acceptors (Lipinski definition) is 6. The summed E-state index contributed by atoms with van der Waals surface area (Å²) in [5.74, 6) is 1.16. The van der Waals surface area contributed by atoms with Gasteiger partial charge in [-0.2, -0.15) is 0 Å². The minimum absolute atomic E-state index is 0.0390. The topological polar surface area (TPSA) is 92.2 Å². The lowest BCUT2D eigenvalue weighted by Gasteiger charge is -2.58. The molecule has 182 valence electrons. The van der Waals surface area contributed by atoms with Crippen molar-refractivity contribution in [3.63, 3.8) is 0 Å². The van der Waals surface area contributed by atoms with Crippen LogP contribution in [0, 0.1) is 28.6 Å². The highest BCUT2D eigenvalue weighted by Gasteiger charge is 2.62. The molecule has 0 saturated heterocycles. The fourth-order valence-corrected chi connectivity index (χ4v) is 8.73. The number of aliphatic hydroxyl groups is 1. The van der Waals surface area contributed by atoms with Gasteiger partial charge in [-0.15, -0.1) is 11.3 Å². The molecule has 7 atom stereocenters. The Morgan fingerprint density at radius 1 is 1.23 bits per heavy atom. The molecular weight excluding hydrogens is 458 g/mol. The third kappa shape index (κ3) is 3.54. The molecular formula is C28H31N3O3S. The maximum absolute atomic E-state index is 12.5. The second-order valence-electron chi connectivity index (χ2n) is 11.2. The van der Waals surface area contributed by atoms with Gasteiger partial charge in [0.1, 0.15) is 5.69 Å². The van der Waals surface area contributed by atoms with E-state index in [-0.39, 0.29) is 34.4 Å². The molecule has 4 aliphatic carbocycles. The molecule has 6 rings (SSSR count). The Bertz CT molecular complexity index is 1240. The molecule has 35 heavy (non-hydrogen) atoms. The summed E-state index contributed by atoms with van der Waals surface area (Å²) in [4.78, 5) is 33.5. The fraction of sp³-hybridized carbons (Fsp3) is 0.500. The smallest absolute Gasteiger partial charge is 0.276 e. The molecule has 0 spiro atoms. The maximum atomic E-state index is 12.5. The van der Waals surface area contributed by atoms with E-state index in [9.17, 15) is 14.7 Å². The molecule has 2 aromatic rings. The number of ketones is 1. The fourth-order valence-electron chi connectivity index (χ4n) is 7.97. The zero-order valence-electron chi connectivity index (χ0n) is 20.1. The molecule has 2 heterocycles. The number of carbonyl (C=O) groups is 2. The van der Waals surface area contributed by atoms with Gasteiger partial charge in [0.25, 0.3) is 5.91 Å². The van der Waals surface area contributed by atoms with Gasteiger partial charge in [-0.05, 0) is 73.6 Å². The molecule has 3 fully saturated rings. The monoisotopic (exact) mass is 489 g/mol. The number of hydrogen-bond donors (Lipinski definition) is 2. The summed E-state index contributed by atoms with van der Waals surface area (Å²) in [5, 5.41) is 17.1. The number of nitrogens with one attached hydrogen (secondary N) is 1. The van der Waals surface area contributed by atoms with Crippen molar-refractivity contribution in [1.82, 2.24) is 9.97 Å². The van der Waals surface area contributed by atoms with Crippen molar-refractivity contribution in [3.8, 4) is 0 Å². The molecule has 2 aromatic heterocycles. The van der Waals surface area contributed by atoms with E-state index < -0.39 is 6.10 Å². The lowest BCUT2D eigenvalue weighted by Crippen LogP contribution is -2.55. The van der Waals surface area contributed by atoms with E-state index in [4.69, 9.17) is 4.98 Å². The van der Waals surface area contributed by atoms with E-state index in [1.807, 2.05) is 6.08 Å². The van der Waals surface area contributed by atoms with E-state index in [0.717, 1.165) is 37.8 Å². The Morgan fingerprint density at radius 2 is 2.09 bits per heavy atom. The highest BCUT2D eigenvalue weighted by Crippen LogP contribution is 2.67. The summed E-state index contributed by atoms with van der Waals surface area (Å²) in [6, 6.07) is 5.27. The minimum Gasteiger partial charge on any atom is -0.393 e. The van der Waals surface area contributed by atoms with Crippen molar-refractivity contribution in [3.05, 3.63) is 65.0 Å². The number of rotatable bonds is 3. The Hall–Kier alpha value is -2.64. The number of amides is 1. The summed E-state index contributed by atoms with van der Waals surface area (Å²) in [5.41, 5.74) is 2.31. The largest absolute Gasteiger partial charge is 0.393 e. The van der Waals surface area contributed by atoms with Crippen molar-refractivity contribution in [2.24, 2.45) is 28.6 Å². The lowest BCUT2D eigenvalue weighted by atomic mass is 9.47. The van der Waals surface area contributed by atoms with Crippen LogP contribution in [-0.4, -0.2) is 32.9 Å². The van der Waals surface area contributed by atoms with E-state index in [2.05, 4.69) is 35.6 Å². The summed E-state index contributed by atoms with van der Waals surface area (Å²) in [6.07, 6.45) is 11.6. The lowest BCUT2D eigenvalue weighted by molar-refractivity contribution is -0.115. The van der Waals surface area contributed by atoms with E-state index in [1.165, 1.54) is 16.9 Å². The summed E-state index contributed by atoms with van der Waals surface area (Å²) in [6.45, 7) is 4.56. The second kappa shape index (κ2) is 8.20. The van der Waals surface area contributed by atoms with Crippen LogP contribution in [0.3, 0.4) is 0 Å². The van der Waals surface area contributed by atoms with Crippen molar-refractivity contribution in [2.45, 2.75) is 58.0 Å². The van der Waals surface area contributed by atoms with Crippen LogP contribution in [0.5, 0.6) is 0 Å². The standard InChI is InChI=1S/C28H31N3O3S/c1-27-11-10-17(32)13-16(27)6-7-18-19-8-9-20(28(19,2)14-23(33)24(18)27)22-15-35-26(30-22)31-25(34)21-5-3-4-12-29-21/h3-5,10-13,15,18-20,23-24,33H,6-9,14H2,1-2H3,(H,30,31,34). The molecule has 7 unspecified atom stereocenters. The van der Waals surface area contributed by atoms with Crippen LogP contribution in [0.25, 0.3) is 0 Å². The van der Waals surface area contributed by atoms with Gasteiger partial charge < -0.3 is 5.11 Å². The first-order valence-electron chi connectivity index (χ1n) is 12.6. The predicted octanol–water partition coefficient (Wildman–Crippen LogP) is 5.15. The molecule has 2 N–H and O–H groups in total. The molecule has 6 nitrogen and oxygen atoms in total. The van der Waals surface area contributed by atoms with Crippen molar-refractivity contribution in [2.75, 3.05) is 5.32 Å². The van der Waals surface area contributed by atoms with E-state index in [0.29, 0.717) is 22.7 Å². The molecule has 7 heteroatoms. The number of carbonyl (C=O) groups excluding carboxylic acids is 2. The van der Waals surface area contributed by atoms with Gasteiger partial charge in [0.15, 0.2) is 10.9 Å². The summed E-state index contributed by atoms with van der Waals surface area (Å²) in [7, 11) is 0. The third-order valence-electron chi connectivity index (χ3n) is 9.49. The van der Waals surface area contributed by atoms with Gasteiger partial charge in [0.05, 0.1) is 11.8 Å².